The molecule has 0 aliphatic heterocycles. The van der Waals surface area contributed by atoms with Gasteiger partial charge in [0.15, 0.2) is 16.5 Å². The second kappa shape index (κ2) is 6.93. The van der Waals surface area contributed by atoms with E-state index in [1.807, 2.05) is 0 Å². The minimum absolute atomic E-state index is 0.0367. The Hall–Kier alpha value is -3.16. The highest BCUT2D eigenvalue weighted by atomic mass is 35.5. The second-order valence-corrected chi connectivity index (χ2v) is 7.13. The molecule has 15 heteroatoms. The predicted octanol–water partition coefficient (Wildman–Crippen LogP) is 4.43. The summed E-state index contributed by atoms with van der Waals surface area (Å²) in [5.74, 6) is 0. The Labute approximate surface area is 173 Å². The van der Waals surface area contributed by atoms with Gasteiger partial charge in [-0.05, 0) is 18.9 Å². The van der Waals surface area contributed by atoms with Crippen LogP contribution in [-0.4, -0.2) is 37.0 Å². The summed E-state index contributed by atoms with van der Waals surface area (Å²) < 4.78 is 80.5. The molecule has 0 bridgehead atoms. The lowest BCUT2D eigenvalue weighted by atomic mass is 10.00. The third kappa shape index (κ3) is 3.82. The summed E-state index contributed by atoms with van der Waals surface area (Å²) in [6, 6.07) is 0.669. The summed E-state index contributed by atoms with van der Waals surface area (Å²) in [7, 11) is 0. The molecule has 0 saturated heterocycles. The van der Waals surface area contributed by atoms with Crippen LogP contribution in [0.4, 0.5) is 42.5 Å². The molecule has 0 radical (unpaired) electrons. The number of aromatic nitrogens is 5. The van der Waals surface area contributed by atoms with Crippen LogP contribution in [0.5, 0.6) is 0 Å². The van der Waals surface area contributed by atoms with Gasteiger partial charge < -0.3 is 10.6 Å². The van der Waals surface area contributed by atoms with Crippen molar-refractivity contribution in [3.63, 3.8) is 0 Å². The van der Waals surface area contributed by atoms with Gasteiger partial charge in [-0.3, -0.25) is 0 Å². The Bertz CT molecular complexity index is 1170. The average Bonchev–Trinajstić information content (AvgIpc) is 3.37. The SMILES string of the molecule is O=C(Nc1cnnc(C(F)(F)F)c1)Nc1cnc2cc(Cl)nn2c1C1(C(F)(F)F)CC1. The number of fused-ring (bicyclic) bond motifs is 1. The first kappa shape index (κ1) is 21.1. The maximum absolute atomic E-state index is 13.8. The van der Waals surface area contributed by atoms with Crippen LogP contribution in [0.1, 0.15) is 24.2 Å². The summed E-state index contributed by atoms with van der Waals surface area (Å²) in [5, 5.41) is 14.1. The molecule has 2 amide bonds. The molecule has 2 N–H and O–H groups in total. The van der Waals surface area contributed by atoms with Crippen molar-refractivity contribution in [3.8, 4) is 0 Å². The number of hydrogen-bond acceptors (Lipinski definition) is 5. The average molecular weight is 466 g/mol. The molecule has 0 unspecified atom stereocenters. The number of carbonyl (C=O) groups is 1. The monoisotopic (exact) mass is 465 g/mol. The van der Waals surface area contributed by atoms with Crippen molar-refractivity contribution in [2.75, 3.05) is 10.6 Å². The minimum atomic E-state index is -4.80. The van der Waals surface area contributed by atoms with E-state index in [1.165, 1.54) is 6.07 Å². The Morgan fingerprint density at radius 3 is 2.42 bits per heavy atom. The van der Waals surface area contributed by atoms with Crippen LogP contribution in [0, 0.1) is 0 Å². The topological polar surface area (TPSA) is 97.1 Å². The number of urea groups is 1. The third-order valence-corrected chi connectivity index (χ3v) is 4.84. The van der Waals surface area contributed by atoms with Crippen LogP contribution in [0.3, 0.4) is 0 Å². The molecule has 1 aliphatic carbocycles. The molecule has 3 aromatic rings. The van der Waals surface area contributed by atoms with Gasteiger partial charge in [-0.1, -0.05) is 11.6 Å². The highest BCUT2D eigenvalue weighted by Crippen LogP contribution is 2.60. The molecule has 0 spiro atoms. The van der Waals surface area contributed by atoms with Gasteiger partial charge in [0.25, 0.3) is 0 Å². The zero-order valence-electron chi connectivity index (χ0n) is 15.0. The molecule has 1 aliphatic rings. The molecule has 4 rings (SSSR count). The molecule has 0 atom stereocenters. The largest absolute Gasteiger partial charge is 0.435 e. The Balaban J connectivity index is 1.68. The van der Waals surface area contributed by atoms with Crippen molar-refractivity contribution < 1.29 is 31.1 Å². The number of rotatable bonds is 3. The maximum atomic E-state index is 13.8. The minimum Gasteiger partial charge on any atom is -0.306 e. The molecule has 164 valence electrons. The van der Waals surface area contributed by atoms with Gasteiger partial charge in [0.1, 0.15) is 5.41 Å². The van der Waals surface area contributed by atoms with E-state index < -0.39 is 29.5 Å². The number of nitrogens with zero attached hydrogens (tertiary/aromatic N) is 5. The molecule has 8 nitrogen and oxygen atoms in total. The molecule has 1 fully saturated rings. The van der Waals surface area contributed by atoms with Crippen LogP contribution in [0.15, 0.2) is 24.5 Å². The Kier molecular flexibility index (Phi) is 4.72. The Morgan fingerprint density at radius 1 is 1.10 bits per heavy atom. The first-order chi connectivity index (χ1) is 14.4. The van der Waals surface area contributed by atoms with E-state index in [9.17, 15) is 31.1 Å². The number of anilines is 2. The van der Waals surface area contributed by atoms with Crippen molar-refractivity contribution in [2.45, 2.75) is 30.6 Å². The number of alkyl halides is 6. The van der Waals surface area contributed by atoms with E-state index in [4.69, 9.17) is 11.6 Å². The fourth-order valence-electron chi connectivity index (χ4n) is 3.10. The van der Waals surface area contributed by atoms with E-state index in [-0.39, 0.29) is 40.7 Å². The zero-order valence-corrected chi connectivity index (χ0v) is 15.8. The third-order valence-electron chi connectivity index (χ3n) is 4.65. The van der Waals surface area contributed by atoms with E-state index >= 15 is 0 Å². The number of amides is 2. The summed E-state index contributed by atoms with van der Waals surface area (Å²) in [4.78, 5) is 16.2. The van der Waals surface area contributed by atoms with E-state index in [0.29, 0.717) is 6.07 Å². The number of hydrogen-bond donors (Lipinski definition) is 2. The normalized spacial score (nSPS) is 15.7. The van der Waals surface area contributed by atoms with Crippen LogP contribution in [0.25, 0.3) is 5.65 Å². The van der Waals surface area contributed by atoms with Crippen LogP contribution < -0.4 is 10.6 Å². The van der Waals surface area contributed by atoms with Crippen molar-refractivity contribution in [1.29, 1.82) is 0 Å². The molecule has 1 saturated carbocycles. The summed E-state index contributed by atoms with van der Waals surface area (Å²) in [5.41, 5.74) is -4.65. The van der Waals surface area contributed by atoms with Gasteiger partial charge in [0.05, 0.1) is 29.5 Å². The first-order valence-electron chi connectivity index (χ1n) is 8.50. The van der Waals surface area contributed by atoms with Crippen molar-refractivity contribution >= 4 is 34.7 Å². The number of halogens is 7. The van der Waals surface area contributed by atoms with Gasteiger partial charge >= 0.3 is 18.4 Å². The van der Waals surface area contributed by atoms with Crippen LogP contribution in [-0.2, 0) is 11.6 Å². The summed E-state index contributed by atoms with van der Waals surface area (Å²) in [6.07, 6.45) is -8.08. The Morgan fingerprint density at radius 2 is 1.81 bits per heavy atom. The van der Waals surface area contributed by atoms with Gasteiger partial charge in [-0.15, -0.1) is 5.10 Å². The van der Waals surface area contributed by atoms with Crippen LogP contribution >= 0.6 is 11.6 Å². The molecule has 31 heavy (non-hydrogen) atoms. The van der Waals surface area contributed by atoms with Gasteiger partial charge in [0, 0.05) is 6.07 Å². The molecule has 3 heterocycles. The van der Waals surface area contributed by atoms with E-state index in [2.05, 4.69) is 30.9 Å². The lowest BCUT2D eigenvalue weighted by Gasteiger charge is -2.23. The van der Waals surface area contributed by atoms with Gasteiger partial charge in [-0.25, -0.2) is 14.3 Å². The van der Waals surface area contributed by atoms with E-state index in [1.54, 1.807) is 0 Å². The molecule has 3 aromatic heterocycles. The van der Waals surface area contributed by atoms with Gasteiger partial charge in [-0.2, -0.15) is 36.5 Å². The van der Waals surface area contributed by atoms with Crippen LogP contribution in [0.2, 0.25) is 5.15 Å². The fourth-order valence-corrected chi connectivity index (χ4v) is 3.27. The number of nitrogens with one attached hydrogen (secondary N) is 2. The first-order valence-corrected chi connectivity index (χ1v) is 8.88. The fraction of sp³-hybridized carbons (Fsp3) is 0.312. The summed E-state index contributed by atoms with van der Waals surface area (Å²) in [6.45, 7) is 0. The van der Waals surface area contributed by atoms with Crippen molar-refractivity contribution in [1.82, 2.24) is 24.8 Å². The zero-order chi connectivity index (χ0) is 22.6. The standard InChI is InChI=1S/C16H10ClF6N7O/c17-10-4-11-24-6-8(12(30(11)29-10)14(1-2-14)16(21,22)23)27-13(31)26-7-3-9(15(18,19)20)28-25-5-7/h3-6H,1-2H2,(H2,26,27,28,31). The smallest absolute Gasteiger partial charge is 0.306 e. The number of carbonyl (C=O) groups excluding carboxylic acids is 1. The lowest BCUT2D eigenvalue weighted by molar-refractivity contribution is -0.161. The van der Waals surface area contributed by atoms with E-state index in [0.717, 1.165) is 16.9 Å². The highest BCUT2D eigenvalue weighted by molar-refractivity contribution is 6.29. The van der Waals surface area contributed by atoms with Crippen molar-refractivity contribution in [3.05, 3.63) is 41.1 Å². The lowest BCUT2D eigenvalue weighted by Crippen LogP contribution is -2.33. The van der Waals surface area contributed by atoms with Crippen molar-refractivity contribution in [2.24, 2.45) is 0 Å². The maximum Gasteiger partial charge on any atom is 0.435 e. The molecular formula is C16H10ClF6N7O. The molecule has 0 aromatic carbocycles. The summed E-state index contributed by atoms with van der Waals surface area (Å²) >= 11 is 5.80. The highest BCUT2D eigenvalue weighted by Gasteiger charge is 2.66. The van der Waals surface area contributed by atoms with Gasteiger partial charge in [0.2, 0.25) is 0 Å². The quantitative estimate of drug-likeness (QED) is 0.558. The molecular weight excluding hydrogens is 456 g/mol. The predicted molar refractivity (Wildman–Crippen MR) is 94.6 cm³/mol. The second-order valence-electron chi connectivity index (χ2n) is 6.74.